The van der Waals surface area contributed by atoms with Crippen LogP contribution in [0.1, 0.15) is 28.9 Å². The number of piperazine rings is 1. The summed E-state index contributed by atoms with van der Waals surface area (Å²) in [6.45, 7) is 5.93. The van der Waals surface area contributed by atoms with E-state index in [-0.39, 0.29) is 29.1 Å². The van der Waals surface area contributed by atoms with Crippen LogP contribution in [0.5, 0.6) is 5.75 Å². The van der Waals surface area contributed by atoms with E-state index in [1.165, 1.54) is 23.0 Å². The van der Waals surface area contributed by atoms with Gasteiger partial charge in [-0.1, -0.05) is 0 Å². The number of carbonyl (C=O) groups is 2. The molecule has 0 radical (unpaired) electrons. The molecule has 0 bridgehead atoms. The van der Waals surface area contributed by atoms with E-state index < -0.39 is 0 Å². The quantitative estimate of drug-likeness (QED) is 0.817. The normalized spacial score (nSPS) is 17.5. The molecule has 30 heavy (non-hydrogen) atoms. The molecule has 1 aromatic heterocycles. The first-order valence-electron chi connectivity index (χ1n) is 10.3. The number of rotatable bonds is 4. The number of hydrogen-bond acceptors (Lipinski definition) is 5. The molecule has 160 valence electrons. The third-order valence-corrected chi connectivity index (χ3v) is 5.78. The highest BCUT2D eigenvalue weighted by atomic mass is 19.1. The van der Waals surface area contributed by atoms with Crippen LogP contribution in [0, 0.1) is 12.7 Å². The first-order chi connectivity index (χ1) is 14.4. The minimum atomic E-state index is -0.356. The van der Waals surface area contributed by atoms with Crippen molar-refractivity contribution >= 4 is 11.8 Å². The molecule has 2 aliphatic rings. The second-order valence-corrected chi connectivity index (χ2v) is 7.89. The molecule has 9 heteroatoms. The summed E-state index contributed by atoms with van der Waals surface area (Å²) in [6, 6.07) is 4.24. The summed E-state index contributed by atoms with van der Waals surface area (Å²) in [5, 5.41) is 14.5. The lowest BCUT2D eigenvalue weighted by Gasteiger charge is -2.34. The van der Waals surface area contributed by atoms with Crippen LogP contribution < -0.4 is 0 Å². The summed E-state index contributed by atoms with van der Waals surface area (Å²) in [6.07, 6.45) is 3.50. The topological polar surface area (TPSA) is 81.9 Å². The number of nitrogens with zero attached hydrogens (tertiary/aromatic N) is 5. The average molecular weight is 415 g/mol. The molecular formula is C21H26FN5O3. The molecule has 0 aliphatic carbocycles. The van der Waals surface area contributed by atoms with Crippen LogP contribution in [-0.2, 0) is 4.79 Å². The Morgan fingerprint density at radius 2 is 1.77 bits per heavy atom. The molecule has 2 aliphatic heterocycles. The predicted octanol–water partition coefficient (Wildman–Crippen LogP) is 1.41. The molecule has 2 amide bonds. The molecule has 8 nitrogen and oxygen atoms in total. The zero-order chi connectivity index (χ0) is 21.3. The van der Waals surface area contributed by atoms with Gasteiger partial charge in [-0.2, -0.15) is 5.10 Å². The number of amides is 2. The molecule has 2 aromatic rings. The Morgan fingerprint density at radius 3 is 2.43 bits per heavy atom. The van der Waals surface area contributed by atoms with E-state index in [0.29, 0.717) is 44.0 Å². The van der Waals surface area contributed by atoms with Gasteiger partial charge in [0.15, 0.2) is 11.4 Å². The maximum absolute atomic E-state index is 13.3. The van der Waals surface area contributed by atoms with Gasteiger partial charge >= 0.3 is 0 Å². The molecule has 1 N–H and O–H groups in total. The van der Waals surface area contributed by atoms with Crippen LogP contribution in [0.3, 0.4) is 0 Å². The molecule has 2 saturated heterocycles. The smallest absolute Gasteiger partial charge is 0.278 e. The van der Waals surface area contributed by atoms with Crippen molar-refractivity contribution in [3.05, 3.63) is 41.5 Å². The SMILES string of the molecule is Cc1cc(F)ccc1-n1cc(O)c(C(=O)N2CCN(CC(=O)N3CCCC3)CC2)n1. The molecule has 1 aromatic carbocycles. The molecule has 0 atom stereocenters. The first-order valence-corrected chi connectivity index (χ1v) is 10.3. The van der Waals surface area contributed by atoms with Crippen molar-refractivity contribution in [1.82, 2.24) is 24.5 Å². The average Bonchev–Trinajstić information content (AvgIpc) is 3.38. The maximum Gasteiger partial charge on any atom is 0.278 e. The Morgan fingerprint density at radius 1 is 1.07 bits per heavy atom. The third kappa shape index (κ3) is 4.16. The zero-order valence-corrected chi connectivity index (χ0v) is 17.1. The number of benzene rings is 1. The Kier molecular flexibility index (Phi) is 5.72. The zero-order valence-electron chi connectivity index (χ0n) is 17.1. The summed E-state index contributed by atoms with van der Waals surface area (Å²) < 4.78 is 14.7. The van der Waals surface area contributed by atoms with Crippen LogP contribution in [0.2, 0.25) is 0 Å². The third-order valence-electron chi connectivity index (χ3n) is 5.78. The number of aromatic hydroxyl groups is 1. The van der Waals surface area contributed by atoms with Crippen molar-refractivity contribution in [2.24, 2.45) is 0 Å². The van der Waals surface area contributed by atoms with Crippen LogP contribution in [0.15, 0.2) is 24.4 Å². The second-order valence-electron chi connectivity index (χ2n) is 7.89. The van der Waals surface area contributed by atoms with Crippen LogP contribution in [0.25, 0.3) is 5.69 Å². The fraction of sp³-hybridized carbons (Fsp3) is 0.476. The highest BCUT2D eigenvalue weighted by molar-refractivity contribution is 5.95. The summed E-state index contributed by atoms with van der Waals surface area (Å²) in [4.78, 5) is 30.8. The largest absolute Gasteiger partial charge is 0.504 e. The number of aryl methyl sites for hydroxylation is 1. The molecule has 4 rings (SSSR count). The van der Waals surface area contributed by atoms with Crippen molar-refractivity contribution < 1.29 is 19.1 Å². The molecule has 3 heterocycles. The van der Waals surface area contributed by atoms with Gasteiger partial charge in [0.1, 0.15) is 5.82 Å². The van der Waals surface area contributed by atoms with Crippen molar-refractivity contribution in [2.75, 3.05) is 45.8 Å². The van der Waals surface area contributed by atoms with Gasteiger partial charge in [-0.3, -0.25) is 14.5 Å². The van der Waals surface area contributed by atoms with Gasteiger partial charge in [-0.25, -0.2) is 9.07 Å². The highest BCUT2D eigenvalue weighted by Crippen LogP contribution is 2.22. The van der Waals surface area contributed by atoms with Crippen molar-refractivity contribution in [3.63, 3.8) is 0 Å². The summed E-state index contributed by atoms with van der Waals surface area (Å²) >= 11 is 0. The Bertz CT molecular complexity index is 946. The summed E-state index contributed by atoms with van der Waals surface area (Å²) in [5.74, 6) is -0.768. The molecular weight excluding hydrogens is 389 g/mol. The summed E-state index contributed by atoms with van der Waals surface area (Å²) in [7, 11) is 0. The number of halogens is 1. The minimum absolute atomic E-state index is 0.0275. The van der Waals surface area contributed by atoms with Crippen molar-refractivity contribution in [3.8, 4) is 11.4 Å². The predicted molar refractivity (Wildman–Crippen MR) is 108 cm³/mol. The number of likely N-dealkylation sites (tertiary alicyclic amines) is 1. The number of aromatic nitrogens is 2. The van der Waals surface area contributed by atoms with Crippen LogP contribution >= 0.6 is 0 Å². The van der Waals surface area contributed by atoms with Gasteiger partial charge < -0.3 is 14.9 Å². The lowest BCUT2D eigenvalue weighted by molar-refractivity contribution is -0.131. The van der Waals surface area contributed by atoms with Gasteiger partial charge in [0, 0.05) is 39.3 Å². The second kappa shape index (κ2) is 8.43. The van der Waals surface area contributed by atoms with E-state index >= 15 is 0 Å². The lowest BCUT2D eigenvalue weighted by Crippen LogP contribution is -2.51. The van der Waals surface area contributed by atoms with Crippen molar-refractivity contribution in [2.45, 2.75) is 19.8 Å². The Labute approximate surface area is 174 Å². The molecule has 0 unspecified atom stereocenters. The van der Waals surface area contributed by atoms with E-state index in [1.807, 2.05) is 4.90 Å². The van der Waals surface area contributed by atoms with Gasteiger partial charge in [0.05, 0.1) is 18.4 Å². The van der Waals surface area contributed by atoms with Gasteiger partial charge in [-0.05, 0) is 43.5 Å². The van der Waals surface area contributed by atoms with E-state index in [4.69, 9.17) is 0 Å². The summed E-state index contributed by atoms with van der Waals surface area (Å²) in [5.41, 5.74) is 1.21. The number of carbonyl (C=O) groups excluding carboxylic acids is 2. The highest BCUT2D eigenvalue weighted by Gasteiger charge is 2.28. The standard InChI is InChI=1S/C21H26FN5O3/c1-15-12-16(22)4-5-17(15)27-13-18(28)20(23-27)21(30)26-10-8-24(9-11-26)14-19(29)25-6-2-3-7-25/h4-5,12-13,28H,2-3,6-11,14H2,1H3. The molecule has 0 spiro atoms. The molecule has 2 fully saturated rings. The van der Waals surface area contributed by atoms with Gasteiger partial charge in [0.25, 0.3) is 5.91 Å². The van der Waals surface area contributed by atoms with Gasteiger partial charge in [-0.15, -0.1) is 0 Å². The van der Waals surface area contributed by atoms with Crippen LogP contribution in [0.4, 0.5) is 4.39 Å². The molecule has 0 saturated carbocycles. The Balaban J connectivity index is 1.38. The van der Waals surface area contributed by atoms with E-state index in [1.54, 1.807) is 17.9 Å². The van der Waals surface area contributed by atoms with Crippen LogP contribution in [-0.4, -0.2) is 87.2 Å². The van der Waals surface area contributed by atoms with E-state index in [9.17, 15) is 19.1 Å². The monoisotopic (exact) mass is 415 g/mol. The number of hydrogen-bond donors (Lipinski definition) is 1. The Hall–Kier alpha value is -2.94. The maximum atomic E-state index is 13.3. The lowest BCUT2D eigenvalue weighted by atomic mass is 10.2. The van der Waals surface area contributed by atoms with Gasteiger partial charge in [0.2, 0.25) is 5.91 Å². The van der Waals surface area contributed by atoms with Crippen molar-refractivity contribution in [1.29, 1.82) is 0 Å². The van der Waals surface area contributed by atoms with E-state index in [0.717, 1.165) is 25.9 Å². The fourth-order valence-electron chi connectivity index (χ4n) is 4.03. The fourth-order valence-corrected chi connectivity index (χ4v) is 4.03. The first kappa shape index (κ1) is 20.3. The minimum Gasteiger partial charge on any atom is -0.504 e. The van der Waals surface area contributed by atoms with E-state index in [2.05, 4.69) is 10.00 Å².